The van der Waals surface area contributed by atoms with Crippen molar-refractivity contribution in [1.82, 2.24) is 0 Å². The van der Waals surface area contributed by atoms with Crippen LogP contribution in [-0.2, 0) is 28.5 Å². The molecule has 1 aliphatic rings. The average molecular weight is 374 g/mol. The molecule has 0 aromatic heterocycles. The zero-order chi connectivity index (χ0) is 20.2. The number of ether oxygens (including phenoxy) is 4. The highest BCUT2D eigenvalue weighted by Crippen LogP contribution is 2.21. The topological polar surface area (TPSA) is 112 Å². The van der Waals surface area contributed by atoms with Gasteiger partial charge in [-0.3, -0.25) is 0 Å². The minimum atomic E-state index is -1.50. The third-order valence-corrected chi connectivity index (χ3v) is 2.97. The summed E-state index contributed by atoms with van der Waals surface area (Å²) in [5.74, 6) is 2.95. The van der Waals surface area contributed by atoms with Gasteiger partial charge >= 0.3 is 11.9 Å². The van der Waals surface area contributed by atoms with E-state index in [1.807, 2.05) is 0 Å². The maximum Gasteiger partial charge on any atom is 0.347 e. The number of carbonyl (C=O) groups excluding carboxylic acids is 2. The van der Waals surface area contributed by atoms with Crippen LogP contribution in [0.15, 0.2) is 0 Å². The van der Waals surface area contributed by atoms with E-state index in [-0.39, 0.29) is 31.8 Å². The van der Waals surface area contributed by atoms with Crippen molar-refractivity contribution >= 4 is 11.9 Å². The maximum atomic E-state index is 11.8. The Hall–Kier alpha value is -1.66. The van der Waals surface area contributed by atoms with Gasteiger partial charge in [-0.1, -0.05) is 5.92 Å². The molecule has 150 valence electrons. The fourth-order valence-corrected chi connectivity index (χ4v) is 2.02. The van der Waals surface area contributed by atoms with E-state index in [0.29, 0.717) is 6.61 Å². The van der Waals surface area contributed by atoms with Crippen LogP contribution in [-0.4, -0.2) is 66.6 Å². The SMILES string of the molecule is CC#CC1CCOC1COC(C(=O)OCC)C(=O)OCC.CC(C)(O)O. The minimum Gasteiger partial charge on any atom is -0.464 e. The minimum absolute atomic E-state index is 0.0556. The lowest BCUT2D eigenvalue weighted by atomic mass is 10.0. The number of hydrogen-bond acceptors (Lipinski definition) is 8. The van der Waals surface area contributed by atoms with E-state index >= 15 is 0 Å². The van der Waals surface area contributed by atoms with E-state index in [9.17, 15) is 9.59 Å². The molecule has 1 fully saturated rings. The Balaban J connectivity index is 0.00000110. The first-order chi connectivity index (χ1) is 12.1. The van der Waals surface area contributed by atoms with E-state index in [1.165, 1.54) is 13.8 Å². The van der Waals surface area contributed by atoms with Gasteiger partial charge in [0.1, 0.15) is 0 Å². The summed E-state index contributed by atoms with van der Waals surface area (Å²) in [5, 5.41) is 16.2. The van der Waals surface area contributed by atoms with Gasteiger partial charge in [-0.25, -0.2) is 9.59 Å². The molecule has 0 spiro atoms. The van der Waals surface area contributed by atoms with Crippen LogP contribution in [0.5, 0.6) is 0 Å². The van der Waals surface area contributed by atoms with Crippen molar-refractivity contribution in [2.45, 2.75) is 59.0 Å². The van der Waals surface area contributed by atoms with Gasteiger partial charge in [0, 0.05) is 6.61 Å². The van der Waals surface area contributed by atoms with Gasteiger partial charge in [0.2, 0.25) is 0 Å². The van der Waals surface area contributed by atoms with Crippen molar-refractivity contribution < 1.29 is 38.7 Å². The summed E-state index contributed by atoms with van der Waals surface area (Å²) < 4.78 is 20.6. The van der Waals surface area contributed by atoms with Gasteiger partial charge in [-0.15, -0.1) is 5.92 Å². The van der Waals surface area contributed by atoms with Crippen LogP contribution < -0.4 is 0 Å². The fraction of sp³-hybridized carbons (Fsp3) is 0.778. The van der Waals surface area contributed by atoms with E-state index in [1.54, 1.807) is 20.8 Å². The van der Waals surface area contributed by atoms with Crippen LogP contribution in [0.1, 0.15) is 41.0 Å². The molecule has 2 atom stereocenters. The smallest absolute Gasteiger partial charge is 0.347 e. The molecule has 0 amide bonds. The van der Waals surface area contributed by atoms with Gasteiger partial charge in [-0.2, -0.15) is 0 Å². The lowest BCUT2D eigenvalue weighted by Gasteiger charge is -2.19. The zero-order valence-corrected chi connectivity index (χ0v) is 16.1. The van der Waals surface area contributed by atoms with E-state index in [4.69, 9.17) is 29.2 Å². The second-order valence-electron chi connectivity index (χ2n) is 5.91. The highest BCUT2D eigenvalue weighted by molar-refractivity contribution is 5.98. The number of carbonyl (C=O) groups is 2. The first kappa shape index (κ1) is 24.3. The van der Waals surface area contributed by atoms with Crippen molar-refractivity contribution in [3.63, 3.8) is 0 Å². The third-order valence-electron chi connectivity index (χ3n) is 2.97. The second kappa shape index (κ2) is 12.7. The molecule has 1 aliphatic heterocycles. The molecule has 0 aromatic carbocycles. The Morgan fingerprint density at radius 3 is 2.12 bits per heavy atom. The molecule has 1 rings (SSSR count). The molecular weight excluding hydrogens is 344 g/mol. The second-order valence-corrected chi connectivity index (χ2v) is 5.91. The van der Waals surface area contributed by atoms with E-state index < -0.39 is 23.8 Å². The third kappa shape index (κ3) is 11.1. The lowest BCUT2D eigenvalue weighted by molar-refractivity contribution is -0.175. The molecule has 0 radical (unpaired) electrons. The number of hydrogen-bond donors (Lipinski definition) is 2. The summed E-state index contributed by atoms with van der Waals surface area (Å²) in [6.07, 6.45) is -0.800. The van der Waals surface area contributed by atoms with E-state index in [2.05, 4.69) is 11.8 Å². The number of esters is 2. The molecule has 0 aromatic rings. The fourth-order valence-electron chi connectivity index (χ4n) is 2.02. The predicted molar refractivity (Wildman–Crippen MR) is 92.8 cm³/mol. The number of rotatable bonds is 7. The Labute approximate surface area is 154 Å². The van der Waals surface area contributed by atoms with Crippen molar-refractivity contribution in [3.8, 4) is 11.8 Å². The van der Waals surface area contributed by atoms with Gasteiger partial charge < -0.3 is 29.2 Å². The van der Waals surface area contributed by atoms with Crippen molar-refractivity contribution in [2.24, 2.45) is 5.92 Å². The molecule has 26 heavy (non-hydrogen) atoms. The monoisotopic (exact) mass is 374 g/mol. The van der Waals surface area contributed by atoms with Gasteiger partial charge in [0.15, 0.2) is 5.79 Å². The highest BCUT2D eigenvalue weighted by atomic mass is 16.6. The molecule has 0 aliphatic carbocycles. The van der Waals surface area contributed by atoms with Crippen molar-refractivity contribution in [2.75, 3.05) is 26.4 Å². The summed E-state index contributed by atoms with van der Waals surface area (Å²) in [4.78, 5) is 23.5. The van der Waals surface area contributed by atoms with E-state index in [0.717, 1.165) is 6.42 Å². The number of aliphatic hydroxyl groups is 2. The van der Waals surface area contributed by atoms with Crippen molar-refractivity contribution in [3.05, 3.63) is 0 Å². The van der Waals surface area contributed by atoms with Crippen LogP contribution in [0.4, 0.5) is 0 Å². The van der Waals surface area contributed by atoms with Gasteiger partial charge in [0.05, 0.1) is 31.8 Å². The van der Waals surface area contributed by atoms with Crippen LogP contribution in [0, 0.1) is 17.8 Å². The molecule has 1 heterocycles. The Kier molecular flexibility index (Phi) is 11.8. The average Bonchev–Trinajstić information content (AvgIpc) is 2.94. The molecule has 0 bridgehead atoms. The Morgan fingerprint density at radius 2 is 1.69 bits per heavy atom. The summed E-state index contributed by atoms with van der Waals surface area (Å²) in [6, 6.07) is 0. The quantitative estimate of drug-likeness (QED) is 0.289. The van der Waals surface area contributed by atoms with Crippen LogP contribution in [0.3, 0.4) is 0 Å². The van der Waals surface area contributed by atoms with Crippen molar-refractivity contribution in [1.29, 1.82) is 0 Å². The molecule has 2 N–H and O–H groups in total. The summed E-state index contributed by atoms with van der Waals surface area (Å²) in [7, 11) is 0. The van der Waals surface area contributed by atoms with Crippen LogP contribution in [0.25, 0.3) is 0 Å². The first-order valence-electron chi connectivity index (χ1n) is 8.57. The first-order valence-corrected chi connectivity index (χ1v) is 8.57. The maximum absolute atomic E-state index is 11.8. The molecule has 8 nitrogen and oxygen atoms in total. The normalized spacial score (nSPS) is 19.1. The Bertz CT molecular complexity index is 462. The largest absolute Gasteiger partial charge is 0.464 e. The lowest BCUT2D eigenvalue weighted by Crippen LogP contribution is -2.38. The summed E-state index contributed by atoms with van der Waals surface area (Å²) >= 11 is 0. The Morgan fingerprint density at radius 1 is 1.19 bits per heavy atom. The van der Waals surface area contributed by atoms with Crippen LogP contribution >= 0.6 is 0 Å². The van der Waals surface area contributed by atoms with Crippen LogP contribution in [0.2, 0.25) is 0 Å². The summed E-state index contributed by atoms with van der Waals surface area (Å²) in [6.45, 7) is 8.71. The summed E-state index contributed by atoms with van der Waals surface area (Å²) in [5.41, 5.74) is 0. The zero-order valence-electron chi connectivity index (χ0n) is 16.1. The molecule has 8 heteroatoms. The highest BCUT2D eigenvalue weighted by Gasteiger charge is 2.34. The molecule has 0 saturated carbocycles. The molecule has 1 saturated heterocycles. The van der Waals surface area contributed by atoms with Gasteiger partial charge in [-0.05, 0) is 41.0 Å². The molecule has 2 unspecified atom stereocenters. The predicted octanol–water partition coefficient (Wildman–Crippen LogP) is 0.633. The van der Waals surface area contributed by atoms with Gasteiger partial charge in [0.25, 0.3) is 6.10 Å². The standard InChI is InChI=1S/C15H22O6.C3H8O2/c1-4-7-11-8-9-20-12(11)10-21-13(14(16)18-5-2)15(17)19-6-3;1-3(2,4)5/h11-13H,5-6,8-10H2,1-3H3;4-5H,1-2H3. The molecular formula is C18H30O8.